The molecule has 0 unspecified atom stereocenters. The van der Waals surface area contributed by atoms with Crippen LogP contribution in [-0.2, 0) is 0 Å². The third-order valence-electron chi connectivity index (χ3n) is 5.76. The summed E-state index contributed by atoms with van der Waals surface area (Å²) in [5, 5.41) is 24.5. The zero-order valence-corrected chi connectivity index (χ0v) is 16.2. The van der Waals surface area contributed by atoms with Crippen molar-refractivity contribution in [2.45, 2.75) is 38.0 Å². The lowest BCUT2D eigenvalue weighted by Crippen LogP contribution is -2.33. The molecule has 2 N–H and O–H groups in total. The van der Waals surface area contributed by atoms with Crippen LogP contribution >= 0.6 is 0 Å². The molecule has 0 radical (unpaired) electrons. The molecule has 146 valence electrons. The fourth-order valence-corrected chi connectivity index (χ4v) is 3.69. The van der Waals surface area contributed by atoms with Crippen molar-refractivity contribution in [2.75, 3.05) is 37.3 Å². The summed E-state index contributed by atoms with van der Waals surface area (Å²) in [5.41, 5.74) is 2.44. The molecule has 1 saturated heterocycles. The summed E-state index contributed by atoms with van der Waals surface area (Å²) >= 11 is 0. The Morgan fingerprint density at radius 2 is 1.93 bits per heavy atom. The molecule has 0 spiro atoms. The molecular weight excluding hydrogens is 352 g/mol. The van der Waals surface area contributed by atoms with E-state index in [2.05, 4.69) is 42.7 Å². The molecule has 1 saturated carbocycles. The minimum absolute atomic E-state index is 0.289. The van der Waals surface area contributed by atoms with Crippen molar-refractivity contribution in [3.63, 3.8) is 0 Å². The minimum atomic E-state index is 0.289. The number of nitrogens with zero attached hydrogens (tertiary/aromatic N) is 6. The van der Waals surface area contributed by atoms with Gasteiger partial charge < -0.3 is 15.5 Å². The van der Waals surface area contributed by atoms with Crippen molar-refractivity contribution in [3.05, 3.63) is 29.8 Å². The average molecular weight is 378 g/mol. The summed E-state index contributed by atoms with van der Waals surface area (Å²) in [6.07, 6.45) is 9.07. The summed E-state index contributed by atoms with van der Waals surface area (Å²) in [6.45, 7) is 3.30. The van der Waals surface area contributed by atoms with E-state index in [0.717, 1.165) is 17.9 Å². The molecule has 1 aliphatic heterocycles. The Bertz CT molecular complexity index is 832. The molecule has 0 atom stereocenters. The molecule has 0 amide bonds. The predicted molar refractivity (Wildman–Crippen MR) is 107 cm³/mol. The van der Waals surface area contributed by atoms with Crippen molar-refractivity contribution in [1.29, 1.82) is 5.26 Å². The monoisotopic (exact) mass is 378 g/mol. The van der Waals surface area contributed by atoms with Gasteiger partial charge in [-0.05, 0) is 51.7 Å². The number of likely N-dealkylation sites (tertiary alicyclic amines) is 1. The van der Waals surface area contributed by atoms with E-state index in [1.807, 2.05) is 12.1 Å². The number of hydrogen-bond acceptors (Lipinski definition) is 8. The fourth-order valence-electron chi connectivity index (χ4n) is 3.69. The van der Waals surface area contributed by atoms with Gasteiger partial charge in [0.15, 0.2) is 11.5 Å². The van der Waals surface area contributed by atoms with E-state index in [0.29, 0.717) is 23.5 Å². The van der Waals surface area contributed by atoms with Crippen LogP contribution in [0.1, 0.15) is 49.4 Å². The molecule has 0 aromatic carbocycles. The zero-order valence-electron chi connectivity index (χ0n) is 16.2. The van der Waals surface area contributed by atoms with Crippen molar-refractivity contribution < 1.29 is 0 Å². The molecule has 2 aliphatic rings. The Balaban J connectivity index is 1.47. The normalized spacial score (nSPS) is 18.3. The van der Waals surface area contributed by atoms with Crippen molar-refractivity contribution in [3.8, 4) is 6.07 Å². The zero-order chi connectivity index (χ0) is 19.3. The lowest BCUT2D eigenvalue weighted by atomic mass is 9.82. The Morgan fingerprint density at radius 1 is 1.11 bits per heavy atom. The maximum absolute atomic E-state index is 8.84. The van der Waals surface area contributed by atoms with Crippen LogP contribution < -0.4 is 10.6 Å². The van der Waals surface area contributed by atoms with Crippen LogP contribution in [0.25, 0.3) is 0 Å². The Labute approximate surface area is 165 Å². The Kier molecular flexibility index (Phi) is 5.63. The fraction of sp³-hybridized carbons (Fsp3) is 0.550. The van der Waals surface area contributed by atoms with Crippen LogP contribution in [0.2, 0.25) is 0 Å². The number of hydrogen-bond donors (Lipinski definition) is 2. The maximum atomic E-state index is 8.84. The number of piperidine rings is 1. The van der Waals surface area contributed by atoms with Crippen LogP contribution in [0.3, 0.4) is 0 Å². The molecule has 2 aromatic heterocycles. The quantitative estimate of drug-likeness (QED) is 0.791. The first-order chi connectivity index (χ1) is 13.7. The molecule has 2 aromatic rings. The van der Waals surface area contributed by atoms with Crippen molar-refractivity contribution in [2.24, 2.45) is 5.92 Å². The second-order valence-corrected chi connectivity index (χ2v) is 7.81. The van der Waals surface area contributed by atoms with Gasteiger partial charge >= 0.3 is 0 Å². The lowest BCUT2D eigenvalue weighted by Gasteiger charge is -2.30. The largest absolute Gasteiger partial charge is 0.383 e. The molecule has 2 fully saturated rings. The molecule has 1 aliphatic carbocycles. The van der Waals surface area contributed by atoms with Gasteiger partial charge in [-0.15, -0.1) is 5.10 Å². The summed E-state index contributed by atoms with van der Waals surface area (Å²) < 4.78 is 0. The molecule has 3 heterocycles. The summed E-state index contributed by atoms with van der Waals surface area (Å²) in [5.74, 6) is 2.38. The second kappa shape index (κ2) is 8.48. The first kappa shape index (κ1) is 18.6. The highest BCUT2D eigenvalue weighted by atomic mass is 15.2. The number of nitriles is 1. The van der Waals surface area contributed by atoms with Crippen LogP contribution in [0.5, 0.6) is 0 Å². The van der Waals surface area contributed by atoms with E-state index in [9.17, 15) is 0 Å². The van der Waals surface area contributed by atoms with Crippen LogP contribution in [0.15, 0.2) is 18.5 Å². The predicted octanol–water partition coefficient (Wildman–Crippen LogP) is 2.90. The van der Waals surface area contributed by atoms with E-state index in [4.69, 9.17) is 5.26 Å². The molecule has 4 rings (SSSR count). The van der Waals surface area contributed by atoms with Gasteiger partial charge in [0.2, 0.25) is 0 Å². The van der Waals surface area contributed by atoms with Gasteiger partial charge in [-0.3, -0.25) is 0 Å². The maximum Gasteiger partial charge on any atom is 0.158 e. The second-order valence-electron chi connectivity index (χ2n) is 7.81. The SMILES string of the molecule is CN1CCC(CNc2cc(Nc3cnc(C#N)cn3)nnc2C2CCC2)CC1. The number of anilines is 3. The molecule has 28 heavy (non-hydrogen) atoms. The molecule has 0 bridgehead atoms. The van der Waals surface area contributed by atoms with E-state index in [1.54, 1.807) is 0 Å². The highest BCUT2D eigenvalue weighted by Crippen LogP contribution is 2.39. The van der Waals surface area contributed by atoms with Gasteiger partial charge in [-0.1, -0.05) is 6.42 Å². The van der Waals surface area contributed by atoms with Gasteiger partial charge in [0, 0.05) is 18.5 Å². The number of aromatic nitrogens is 4. The molecule has 8 nitrogen and oxygen atoms in total. The average Bonchev–Trinajstić information content (AvgIpc) is 2.68. The smallest absolute Gasteiger partial charge is 0.158 e. The topological polar surface area (TPSA) is 103 Å². The van der Waals surface area contributed by atoms with Crippen LogP contribution in [0.4, 0.5) is 17.3 Å². The standard InChI is InChI=1S/C20H26N8/c1-28-7-5-14(6-8-28)11-23-17-9-18(26-27-20(17)15-3-2-4-15)25-19-13-22-16(10-21)12-24-19/h9,12-15H,2-8,11H2,1H3,(H2,23,24,25,26). The van der Waals surface area contributed by atoms with Crippen molar-refractivity contribution >= 4 is 17.3 Å². The number of rotatable bonds is 6. The van der Waals surface area contributed by atoms with Gasteiger partial charge in [0.05, 0.1) is 23.8 Å². The summed E-state index contributed by atoms with van der Waals surface area (Å²) in [7, 11) is 2.19. The summed E-state index contributed by atoms with van der Waals surface area (Å²) in [6, 6.07) is 3.99. The minimum Gasteiger partial charge on any atom is -0.383 e. The van der Waals surface area contributed by atoms with Crippen molar-refractivity contribution in [1.82, 2.24) is 25.1 Å². The number of nitrogens with one attached hydrogen (secondary N) is 2. The van der Waals surface area contributed by atoms with E-state index >= 15 is 0 Å². The van der Waals surface area contributed by atoms with E-state index in [1.165, 1.54) is 57.6 Å². The first-order valence-corrected chi connectivity index (χ1v) is 10.0. The van der Waals surface area contributed by atoms with Crippen LogP contribution in [0, 0.1) is 17.2 Å². The van der Waals surface area contributed by atoms with Gasteiger partial charge in [-0.2, -0.15) is 10.4 Å². The van der Waals surface area contributed by atoms with Crippen LogP contribution in [-0.4, -0.2) is 51.7 Å². The lowest BCUT2D eigenvalue weighted by molar-refractivity contribution is 0.226. The van der Waals surface area contributed by atoms with E-state index < -0.39 is 0 Å². The Morgan fingerprint density at radius 3 is 2.57 bits per heavy atom. The highest BCUT2D eigenvalue weighted by Gasteiger charge is 2.25. The molecular formula is C20H26N8. The van der Waals surface area contributed by atoms with Gasteiger partial charge in [0.25, 0.3) is 0 Å². The first-order valence-electron chi connectivity index (χ1n) is 10.0. The molecule has 8 heteroatoms. The highest BCUT2D eigenvalue weighted by molar-refractivity contribution is 5.60. The van der Waals surface area contributed by atoms with E-state index in [-0.39, 0.29) is 5.69 Å². The van der Waals surface area contributed by atoms with Gasteiger partial charge in [-0.25, -0.2) is 9.97 Å². The third kappa shape index (κ3) is 4.37. The van der Waals surface area contributed by atoms with Gasteiger partial charge in [0.1, 0.15) is 11.9 Å². The third-order valence-corrected chi connectivity index (χ3v) is 5.76. The summed E-state index contributed by atoms with van der Waals surface area (Å²) in [4.78, 5) is 10.6. The Hall–Kier alpha value is -2.79.